The summed E-state index contributed by atoms with van der Waals surface area (Å²) in [4.78, 5) is 21.7. The zero-order valence-corrected chi connectivity index (χ0v) is 20.0. The van der Waals surface area contributed by atoms with E-state index >= 15 is 0 Å². The molecule has 0 aromatic heterocycles. The molecular formula is C20H40IN5O. The highest BCUT2D eigenvalue weighted by Crippen LogP contribution is 2.27. The second kappa shape index (κ2) is 12.8. The molecule has 0 bridgehead atoms. The van der Waals surface area contributed by atoms with Crippen molar-refractivity contribution in [2.24, 2.45) is 10.9 Å². The van der Waals surface area contributed by atoms with Crippen molar-refractivity contribution in [2.75, 3.05) is 39.8 Å². The van der Waals surface area contributed by atoms with Crippen LogP contribution < -0.4 is 10.6 Å². The van der Waals surface area contributed by atoms with Crippen LogP contribution in [0.1, 0.15) is 59.3 Å². The lowest BCUT2D eigenvalue weighted by Gasteiger charge is -2.23. The van der Waals surface area contributed by atoms with E-state index in [2.05, 4.69) is 48.3 Å². The van der Waals surface area contributed by atoms with Crippen LogP contribution in [0.5, 0.6) is 0 Å². The smallest absolute Gasteiger partial charge is 0.225 e. The lowest BCUT2D eigenvalue weighted by atomic mass is 10.1. The second-order valence-corrected chi connectivity index (χ2v) is 7.89. The minimum Gasteiger partial charge on any atom is -0.357 e. The van der Waals surface area contributed by atoms with Crippen molar-refractivity contribution >= 4 is 35.8 Å². The maximum Gasteiger partial charge on any atom is 0.225 e. The number of hydrogen-bond donors (Lipinski definition) is 2. The summed E-state index contributed by atoms with van der Waals surface area (Å²) in [6, 6.07) is 0.899. The minimum atomic E-state index is 0. The van der Waals surface area contributed by atoms with Crippen LogP contribution in [0.4, 0.5) is 0 Å². The maximum absolute atomic E-state index is 12.6. The quantitative estimate of drug-likeness (QED) is 0.310. The summed E-state index contributed by atoms with van der Waals surface area (Å²) in [6.07, 6.45) is 6.77. The SMILES string of the molecule is CCNC(=NCCN(C)C(C)CC)NC1CCN(C(=O)C2CCCC2)C1.I. The molecule has 1 aliphatic heterocycles. The predicted octanol–water partition coefficient (Wildman–Crippen LogP) is 2.68. The molecule has 27 heavy (non-hydrogen) atoms. The van der Waals surface area contributed by atoms with Gasteiger partial charge in [-0.25, -0.2) is 0 Å². The van der Waals surface area contributed by atoms with E-state index in [1.165, 1.54) is 12.8 Å². The van der Waals surface area contributed by atoms with Gasteiger partial charge in [0.1, 0.15) is 0 Å². The van der Waals surface area contributed by atoms with Crippen LogP contribution >= 0.6 is 24.0 Å². The number of carbonyl (C=O) groups excluding carboxylic acids is 1. The van der Waals surface area contributed by atoms with Crippen molar-refractivity contribution in [1.82, 2.24) is 20.4 Å². The number of likely N-dealkylation sites (tertiary alicyclic amines) is 1. The molecule has 1 saturated carbocycles. The predicted molar refractivity (Wildman–Crippen MR) is 124 cm³/mol. The Morgan fingerprint density at radius 2 is 1.96 bits per heavy atom. The molecule has 0 aromatic rings. The van der Waals surface area contributed by atoms with Gasteiger partial charge in [0.15, 0.2) is 5.96 Å². The second-order valence-electron chi connectivity index (χ2n) is 7.89. The standard InChI is InChI=1S/C20H39N5O.HI/c1-5-16(3)24(4)14-12-22-20(21-6-2)23-18-11-13-25(15-18)19(26)17-9-7-8-10-17;/h16-18H,5-15H2,1-4H3,(H2,21,22,23);1H. The molecule has 158 valence electrons. The van der Waals surface area contributed by atoms with Gasteiger partial charge in [-0.2, -0.15) is 0 Å². The van der Waals surface area contributed by atoms with Crippen LogP contribution in [-0.4, -0.2) is 73.5 Å². The Kier molecular flexibility index (Phi) is 11.6. The van der Waals surface area contributed by atoms with Gasteiger partial charge in [0, 0.05) is 44.2 Å². The largest absolute Gasteiger partial charge is 0.357 e. The first-order chi connectivity index (χ1) is 12.5. The Hall–Kier alpha value is -0.570. The average molecular weight is 493 g/mol. The molecular weight excluding hydrogens is 453 g/mol. The number of halogens is 1. The molecule has 2 fully saturated rings. The third kappa shape index (κ3) is 7.75. The Balaban J connectivity index is 0.00000364. The number of likely N-dealkylation sites (N-methyl/N-ethyl adjacent to an activating group) is 1. The Labute approximate surface area is 182 Å². The Morgan fingerprint density at radius 1 is 1.26 bits per heavy atom. The molecule has 0 radical (unpaired) electrons. The highest BCUT2D eigenvalue weighted by Gasteiger charge is 2.32. The summed E-state index contributed by atoms with van der Waals surface area (Å²) < 4.78 is 0. The summed E-state index contributed by atoms with van der Waals surface area (Å²) in [5, 5.41) is 6.88. The van der Waals surface area contributed by atoms with Gasteiger partial charge in [0.2, 0.25) is 5.91 Å². The highest BCUT2D eigenvalue weighted by atomic mass is 127. The van der Waals surface area contributed by atoms with Crippen molar-refractivity contribution in [2.45, 2.75) is 71.4 Å². The van der Waals surface area contributed by atoms with Crippen LogP contribution in [0, 0.1) is 5.92 Å². The molecule has 6 nitrogen and oxygen atoms in total. The van der Waals surface area contributed by atoms with Crippen LogP contribution in [0.3, 0.4) is 0 Å². The van der Waals surface area contributed by atoms with Gasteiger partial charge in [-0.15, -0.1) is 24.0 Å². The van der Waals surface area contributed by atoms with Gasteiger partial charge in [-0.1, -0.05) is 19.8 Å². The van der Waals surface area contributed by atoms with Crippen LogP contribution in [0.15, 0.2) is 4.99 Å². The minimum absolute atomic E-state index is 0. The molecule has 2 rings (SSSR count). The summed E-state index contributed by atoms with van der Waals surface area (Å²) in [7, 11) is 2.16. The normalized spacial score (nSPS) is 22.0. The molecule has 2 unspecified atom stereocenters. The summed E-state index contributed by atoms with van der Waals surface area (Å²) >= 11 is 0. The summed E-state index contributed by atoms with van der Waals surface area (Å²) in [5.74, 6) is 1.54. The molecule has 0 spiro atoms. The zero-order chi connectivity index (χ0) is 18.9. The number of guanidine groups is 1. The van der Waals surface area contributed by atoms with Crippen molar-refractivity contribution < 1.29 is 4.79 Å². The molecule has 2 aliphatic rings. The van der Waals surface area contributed by atoms with Crippen molar-refractivity contribution in [1.29, 1.82) is 0 Å². The summed E-state index contributed by atoms with van der Waals surface area (Å²) in [6.45, 7) is 10.8. The molecule has 1 amide bonds. The summed E-state index contributed by atoms with van der Waals surface area (Å²) in [5.41, 5.74) is 0. The Bertz CT molecular complexity index is 467. The first kappa shape index (κ1) is 24.5. The van der Waals surface area contributed by atoms with E-state index in [1.807, 2.05) is 0 Å². The van der Waals surface area contributed by atoms with Crippen LogP contribution in [-0.2, 0) is 4.79 Å². The molecule has 2 N–H and O–H groups in total. The molecule has 1 saturated heterocycles. The molecule has 1 heterocycles. The first-order valence-electron chi connectivity index (χ1n) is 10.6. The zero-order valence-electron chi connectivity index (χ0n) is 17.7. The lowest BCUT2D eigenvalue weighted by Crippen LogP contribution is -2.45. The van der Waals surface area contributed by atoms with E-state index in [0.29, 0.717) is 18.0 Å². The molecule has 1 aliphatic carbocycles. The highest BCUT2D eigenvalue weighted by molar-refractivity contribution is 14.0. The fourth-order valence-corrected chi connectivity index (χ4v) is 3.87. The van der Waals surface area contributed by atoms with E-state index in [-0.39, 0.29) is 29.9 Å². The van der Waals surface area contributed by atoms with E-state index in [4.69, 9.17) is 4.99 Å². The van der Waals surface area contributed by atoms with Gasteiger partial charge in [-0.05, 0) is 46.6 Å². The number of nitrogens with one attached hydrogen (secondary N) is 2. The molecule has 7 heteroatoms. The number of hydrogen-bond acceptors (Lipinski definition) is 3. The third-order valence-corrected chi connectivity index (χ3v) is 5.96. The molecule has 0 aromatic carbocycles. The number of rotatable bonds is 8. The van der Waals surface area contributed by atoms with E-state index in [1.54, 1.807) is 0 Å². The lowest BCUT2D eigenvalue weighted by molar-refractivity contribution is -0.134. The maximum atomic E-state index is 12.6. The van der Waals surface area contributed by atoms with E-state index in [9.17, 15) is 4.79 Å². The third-order valence-electron chi connectivity index (χ3n) is 5.96. The Morgan fingerprint density at radius 3 is 2.59 bits per heavy atom. The van der Waals surface area contributed by atoms with Gasteiger partial charge in [-0.3, -0.25) is 9.79 Å². The van der Waals surface area contributed by atoms with E-state index < -0.39 is 0 Å². The van der Waals surface area contributed by atoms with Crippen molar-refractivity contribution in [3.8, 4) is 0 Å². The van der Waals surface area contributed by atoms with Crippen molar-refractivity contribution in [3.63, 3.8) is 0 Å². The van der Waals surface area contributed by atoms with Crippen LogP contribution in [0.25, 0.3) is 0 Å². The topological polar surface area (TPSA) is 60.0 Å². The number of aliphatic imine (C=N–C) groups is 1. The van der Waals surface area contributed by atoms with Gasteiger partial charge in [0.05, 0.1) is 6.54 Å². The first-order valence-corrected chi connectivity index (χ1v) is 10.6. The molecule has 2 atom stereocenters. The number of carbonyl (C=O) groups is 1. The van der Waals surface area contributed by atoms with Gasteiger partial charge >= 0.3 is 0 Å². The average Bonchev–Trinajstić information content (AvgIpc) is 3.32. The van der Waals surface area contributed by atoms with Crippen molar-refractivity contribution in [3.05, 3.63) is 0 Å². The fraction of sp³-hybridized carbons (Fsp3) is 0.900. The van der Waals surface area contributed by atoms with E-state index in [0.717, 1.165) is 64.4 Å². The monoisotopic (exact) mass is 493 g/mol. The number of nitrogens with zero attached hydrogens (tertiary/aromatic N) is 3. The van der Waals surface area contributed by atoms with Crippen LogP contribution in [0.2, 0.25) is 0 Å². The van der Waals surface area contributed by atoms with Gasteiger partial charge in [0.25, 0.3) is 0 Å². The fourth-order valence-electron chi connectivity index (χ4n) is 3.87. The van der Waals surface area contributed by atoms with Gasteiger partial charge < -0.3 is 20.4 Å². The number of amides is 1.